The molecule has 7 heteroatoms. The molecule has 0 atom stereocenters. The van der Waals surface area contributed by atoms with Crippen molar-refractivity contribution in [1.29, 1.82) is 5.41 Å². The minimum absolute atomic E-state index is 0.347. The molecule has 1 aromatic rings. The fourth-order valence-corrected chi connectivity index (χ4v) is 2.44. The lowest BCUT2D eigenvalue weighted by atomic mass is 9.79. The lowest BCUT2D eigenvalue weighted by molar-refractivity contribution is 0.00578. The van der Waals surface area contributed by atoms with Gasteiger partial charge in [0.05, 0.1) is 18.3 Å². The number of nitrogens with one attached hydrogen (secondary N) is 2. The third-order valence-corrected chi connectivity index (χ3v) is 4.87. The molecule has 130 valence electrons. The molecule has 0 unspecified atom stereocenters. The first kappa shape index (κ1) is 18.8. The van der Waals surface area contributed by atoms with E-state index in [1.165, 1.54) is 6.21 Å². The second kappa shape index (κ2) is 7.17. The largest absolute Gasteiger partial charge is 0.499 e. The summed E-state index contributed by atoms with van der Waals surface area (Å²) in [7, 11) is 0.969. The summed E-state index contributed by atoms with van der Waals surface area (Å²) >= 11 is 6.35. The van der Waals surface area contributed by atoms with Crippen molar-refractivity contribution < 1.29 is 14.0 Å². The molecule has 0 aliphatic carbocycles. The van der Waals surface area contributed by atoms with Crippen molar-refractivity contribution in [3.63, 3.8) is 0 Å². The number of rotatable bonds is 6. The van der Waals surface area contributed by atoms with Gasteiger partial charge in [-0.3, -0.25) is 0 Å². The SMILES string of the molecule is COc1ccc(CN/C(Cl)=C(\C=N)B2OC(C)(C)C(C)(C)O2)cc1. The highest BCUT2D eigenvalue weighted by molar-refractivity contribution is 6.62. The Hall–Kier alpha value is -1.50. The van der Waals surface area contributed by atoms with Gasteiger partial charge in [-0.15, -0.1) is 0 Å². The van der Waals surface area contributed by atoms with Gasteiger partial charge in [0.1, 0.15) is 10.9 Å². The Morgan fingerprint density at radius 2 is 1.75 bits per heavy atom. The van der Waals surface area contributed by atoms with Crippen LogP contribution in [0.5, 0.6) is 5.75 Å². The van der Waals surface area contributed by atoms with Gasteiger partial charge >= 0.3 is 7.12 Å². The first-order chi connectivity index (χ1) is 11.2. The molecule has 0 aromatic heterocycles. The molecule has 0 spiro atoms. The smallest absolute Gasteiger partial charge is 0.497 e. The molecule has 2 N–H and O–H groups in total. The molecular formula is C17H24BClN2O3. The number of ether oxygens (including phenoxy) is 1. The molecule has 1 saturated heterocycles. The molecule has 0 bridgehead atoms. The molecule has 0 saturated carbocycles. The number of hydrogen-bond donors (Lipinski definition) is 2. The van der Waals surface area contributed by atoms with Gasteiger partial charge in [0.25, 0.3) is 0 Å². The van der Waals surface area contributed by atoms with E-state index in [2.05, 4.69) is 5.32 Å². The number of halogens is 1. The van der Waals surface area contributed by atoms with Crippen LogP contribution in [0.4, 0.5) is 0 Å². The van der Waals surface area contributed by atoms with E-state index in [4.69, 9.17) is 31.1 Å². The molecule has 2 rings (SSSR count). The van der Waals surface area contributed by atoms with E-state index >= 15 is 0 Å². The van der Waals surface area contributed by atoms with Gasteiger partial charge in [0.2, 0.25) is 0 Å². The average molecular weight is 351 g/mol. The quantitative estimate of drug-likeness (QED) is 0.468. The normalized spacial score (nSPS) is 19.7. The second-order valence-electron chi connectivity index (χ2n) is 6.70. The van der Waals surface area contributed by atoms with Crippen LogP contribution in [0.25, 0.3) is 0 Å². The van der Waals surface area contributed by atoms with Crippen molar-refractivity contribution in [2.45, 2.75) is 45.4 Å². The highest BCUT2D eigenvalue weighted by Crippen LogP contribution is 2.38. The first-order valence-electron chi connectivity index (χ1n) is 7.83. The summed E-state index contributed by atoms with van der Waals surface area (Å²) < 4.78 is 17.0. The van der Waals surface area contributed by atoms with Crippen LogP contribution in [0.3, 0.4) is 0 Å². The van der Waals surface area contributed by atoms with E-state index in [0.29, 0.717) is 17.2 Å². The maximum Gasteiger partial charge on any atom is 0.499 e. The van der Waals surface area contributed by atoms with Crippen molar-refractivity contribution in [3.05, 3.63) is 40.5 Å². The summed E-state index contributed by atoms with van der Waals surface area (Å²) in [6, 6.07) is 7.69. The molecule has 1 aliphatic rings. The maximum absolute atomic E-state index is 7.67. The molecule has 1 fully saturated rings. The van der Waals surface area contributed by atoms with Crippen molar-refractivity contribution in [2.24, 2.45) is 0 Å². The van der Waals surface area contributed by atoms with Crippen LogP contribution in [0.1, 0.15) is 33.3 Å². The monoisotopic (exact) mass is 350 g/mol. The molecule has 5 nitrogen and oxygen atoms in total. The zero-order valence-corrected chi connectivity index (χ0v) is 15.5. The van der Waals surface area contributed by atoms with Gasteiger partial charge < -0.3 is 24.8 Å². The van der Waals surface area contributed by atoms with Crippen LogP contribution < -0.4 is 10.1 Å². The van der Waals surface area contributed by atoms with Crippen molar-refractivity contribution in [1.82, 2.24) is 5.32 Å². The Kier molecular flexibility index (Phi) is 5.63. The summed E-state index contributed by atoms with van der Waals surface area (Å²) in [6.45, 7) is 8.39. The van der Waals surface area contributed by atoms with Gasteiger partial charge in [-0.1, -0.05) is 23.7 Å². The van der Waals surface area contributed by atoms with Crippen LogP contribution in [0.15, 0.2) is 34.9 Å². The highest BCUT2D eigenvalue weighted by atomic mass is 35.5. The molecule has 0 radical (unpaired) electrons. The van der Waals surface area contributed by atoms with E-state index in [0.717, 1.165) is 11.3 Å². The van der Waals surface area contributed by atoms with E-state index in [1.807, 2.05) is 52.0 Å². The van der Waals surface area contributed by atoms with Gasteiger partial charge in [0.15, 0.2) is 0 Å². The van der Waals surface area contributed by atoms with Gasteiger partial charge in [-0.05, 0) is 45.4 Å². The third kappa shape index (κ3) is 3.94. The van der Waals surface area contributed by atoms with Crippen LogP contribution >= 0.6 is 11.6 Å². The van der Waals surface area contributed by atoms with Crippen LogP contribution in [-0.2, 0) is 15.9 Å². The fourth-order valence-electron chi connectivity index (χ4n) is 2.23. The standard InChI is InChI=1S/C17H24BClN2O3/c1-16(2)17(3,4)24-18(23-16)14(10-20)15(19)21-11-12-6-8-13(22-5)9-7-12/h6-10,20-21H,11H2,1-5H3/b15-14+,20-10?. The number of allylic oxidation sites excluding steroid dienone is 1. The Labute approximate surface area is 149 Å². The summed E-state index contributed by atoms with van der Waals surface area (Å²) in [5.74, 6) is 0.804. The van der Waals surface area contributed by atoms with E-state index in [-0.39, 0.29) is 0 Å². The second-order valence-corrected chi connectivity index (χ2v) is 7.08. The first-order valence-corrected chi connectivity index (χ1v) is 8.20. The van der Waals surface area contributed by atoms with E-state index in [1.54, 1.807) is 7.11 Å². The molecule has 1 aromatic carbocycles. The fraction of sp³-hybridized carbons (Fsp3) is 0.471. The number of methoxy groups -OCH3 is 1. The van der Waals surface area contributed by atoms with Crippen molar-refractivity contribution in [2.75, 3.05) is 7.11 Å². The number of benzene rings is 1. The number of hydrogen-bond acceptors (Lipinski definition) is 5. The minimum atomic E-state index is -0.664. The molecule has 1 aliphatic heterocycles. The van der Waals surface area contributed by atoms with Crippen molar-refractivity contribution in [3.8, 4) is 5.75 Å². The zero-order chi connectivity index (χ0) is 18.0. The molecule has 1 heterocycles. The van der Waals surface area contributed by atoms with Gasteiger partial charge in [0, 0.05) is 18.2 Å². The summed E-state index contributed by atoms with van der Waals surface area (Å²) in [5, 5.41) is 11.1. The topological polar surface area (TPSA) is 63.6 Å². The summed E-state index contributed by atoms with van der Waals surface area (Å²) in [6.07, 6.45) is 1.17. The third-order valence-electron chi connectivity index (χ3n) is 4.52. The van der Waals surface area contributed by atoms with Crippen LogP contribution in [-0.4, -0.2) is 31.6 Å². The zero-order valence-electron chi connectivity index (χ0n) is 14.8. The van der Waals surface area contributed by atoms with E-state index in [9.17, 15) is 0 Å². The maximum atomic E-state index is 7.67. The highest BCUT2D eigenvalue weighted by Gasteiger charge is 2.52. The lowest BCUT2D eigenvalue weighted by Gasteiger charge is -2.32. The Balaban J connectivity index is 2.08. The van der Waals surface area contributed by atoms with Gasteiger partial charge in [-0.25, -0.2) is 0 Å². The Morgan fingerprint density at radius 1 is 1.21 bits per heavy atom. The van der Waals surface area contributed by atoms with Gasteiger partial charge in [-0.2, -0.15) is 0 Å². The lowest BCUT2D eigenvalue weighted by Crippen LogP contribution is -2.41. The minimum Gasteiger partial charge on any atom is -0.497 e. The predicted molar refractivity (Wildman–Crippen MR) is 97.6 cm³/mol. The van der Waals surface area contributed by atoms with Crippen molar-refractivity contribution >= 4 is 24.9 Å². The Bertz CT molecular complexity index is 613. The van der Waals surface area contributed by atoms with Crippen LogP contribution in [0, 0.1) is 5.41 Å². The van der Waals surface area contributed by atoms with Crippen LogP contribution in [0.2, 0.25) is 0 Å². The Morgan fingerprint density at radius 3 is 2.21 bits per heavy atom. The molecule has 24 heavy (non-hydrogen) atoms. The summed E-state index contributed by atoms with van der Waals surface area (Å²) in [5.41, 5.74) is 0.578. The summed E-state index contributed by atoms with van der Waals surface area (Å²) in [4.78, 5) is 0. The average Bonchev–Trinajstić information content (AvgIpc) is 2.74. The molecule has 0 amide bonds. The van der Waals surface area contributed by atoms with E-state index < -0.39 is 18.3 Å². The predicted octanol–water partition coefficient (Wildman–Crippen LogP) is 3.52. The molecular weight excluding hydrogens is 326 g/mol.